The highest BCUT2D eigenvalue weighted by Gasteiger charge is 2.14. The zero-order chi connectivity index (χ0) is 27.5. The number of pyridine rings is 1. The van der Waals surface area contributed by atoms with Crippen molar-refractivity contribution < 1.29 is 9.13 Å². The first-order valence-electron chi connectivity index (χ1n) is 13.7. The molecule has 5 nitrogen and oxygen atoms in total. The molecular formula is C32H43FN4O. The Hall–Kier alpha value is -3.38. The summed E-state index contributed by atoms with van der Waals surface area (Å²) in [6.45, 7) is 17.6. The highest BCUT2D eigenvalue weighted by molar-refractivity contribution is 5.65. The molecule has 1 N–H and O–H groups in total. The van der Waals surface area contributed by atoms with E-state index in [2.05, 4.69) is 77.9 Å². The van der Waals surface area contributed by atoms with Crippen LogP contribution in [-0.2, 0) is 13.0 Å². The molecule has 3 aromatic rings. The molecule has 1 aromatic heterocycles. The molecule has 0 unspecified atom stereocenters. The number of benzene rings is 2. The smallest absolute Gasteiger partial charge is 0.127 e. The van der Waals surface area contributed by atoms with Gasteiger partial charge >= 0.3 is 0 Å². The fourth-order valence-electron chi connectivity index (χ4n) is 4.21. The van der Waals surface area contributed by atoms with Crippen LogP contribution in [0, 0.1) is 11.7 Å². The van der Waals surface area contributed by atoms with E-state index in [4.69, 9.17) is 4.74 Å². The largest absolute Gasteiger partial charge is 0.493 e. The van der Waals surface area contributed by atoms with E-state index in [-0.39, 0.29) is 5.82 Å². The second-order valence-corrected chi connectivity index (χ2v) is 10.0. The van der Waals surface area contributed by atoms with E-state index in [0.717, 1.165) is 54.3 Å². The van der Waals surface area contributed by atoms with E-state index in [1.807, 2.05) is 32.2 Å². The third-order valence-corrected chi connectivity index (χ3v) is 6.35. The maximum atomic E-state index is 14.0. The van der Waals surface area contributed by atoms with Crippen molar-refractivity contribution in [2.45, 2.75) is 40.7 Å². The zero-order valence-corrected chi connectivity index (χ0v) is 23.6. The van der Waals surface area contributed by atoms with Crippen molar-refractivity contribution in [1.29, 1.82) is 0 Å². The lowest BCUT2D eigenvalue weighted by atomic mass is 10.1. The summed E-state index contributed by atoms with van der Waals surface area (Å²) >= 11 is 0. The minimum atomic E-state index is -0.299. The van der Waals surface area contributed by atoms with Crippen LogP contribution in [0.25, 0.3) is 11.1 Å². The van der Waals surface area contributed by atoms with Crippen LogP contribution >= 0.6 is 0 Å². The van der Waals surface area contributed by atoms with Gasteiger partial charge in [0.25, 0.3) is 0 Å². The predicted octanol–water partition coefficient (Wildman–Crippen LogP) is 6.55. The fourth-order valence-corrected chi connectivity index (χ4v) is 4.21. The van der Waals surface area contributed by atoms with E-state index in [1.165, 1.54) is 17.8 Å². The van der Waals surface area contributed by atoms with Gasteiger partial charge in [-0.05, 0) is 54.4 Å². The van der Waals surface area contributed by atoms with E-state index in [1.54, 1.807) is 0 Å². The summed E-state index contributed by atoms with van der Waals surface area (Å²) in [5.41, 5.74) is 6.11. The molecule has 0 spiro atoms. The number of aromatic nitrogens is 1. The van der Waals surface area contributed by atoms with Gasteiger partial charge in [-0.15, -0.1) is 0 Å². The number of likely N-dealkylation sites (N-methyl/N-ethyl adjacent to an activating group) is 1. The molecule has 0 bridgehead atoms. The van der Waals surface area contributed by atoms with Crippen molar-refractivity contribution in [3.05, 3.63) is 90.1 Å². The first-order chi connectivity index (χ1) is 18.4. The first-order valence-corrected chi connectivity index (χ1v) is 13.7. The van der Waals surface area contributed by atoms with Crippen LogP contribution in [0.4, 0.5) is 10.1 Å². The number of halogens is 1. The van der Waals surface area contributed by atoms with E-state index in [0.29, 0.717) is 31.2 Å². The molecule has 2 aromatic carbocycles. The summed E-state index contributed by atoms with van der Waals surface area (Å²) in [4.78, 5) is 9.45. The molecule has 2 heterocycles. The molecule has 204 valence electrons. The monoisotopic (exact) mass is 518 g/mol. The van der Waals surface area contributed by atoms with Gasteiger partial charge in [0.2, 0.25) is 0 Å². The normalized spacial score (nSPS) is 13.6. The molecule has 1 aliphatic rings. The number of hydrogen-bond donors (Lipinski definition) is 1. The third kappa shape index (κ3) is 8.88. The van der Waals surface area contributed by atoms with Crippen molar-refractivity contribution in [3.8, 4) is 16.9 Å². The van der Waals surface area contributed by atoms with Gasteiger partial charge in [0.15, 0.2) is 0 Å². The van der Waals surface area contributed by atoms with E-state index in [9.17, 15) is 4.39 Å². The summed E-state index contributed by atoms with van der Waals surface area (Å²) in [6.07, 6.45) is 2.52. The van der Waals surface area contributed by atoms with Gasteiger partial charge < -0.3 is 19.9 Å². The number of rotatable bonds is 10. The van der Waals surface area contributed by atoms with Crippen molar-refractivity contribution in [2.24, 2.45) is 5.92 Å². The first kappa shape index (κ1) is 29.2. The molecule has 1 saturated heterocycles. The van der Waals surface area contributed by atoms with Crippen molar-refractivity contribution in [3.63, 3.8) is 0 Å². The number of piperazine rings is 1. The van der Waals surface area contributed by atoms with Crippen LogP contribution in [0.5, 0.6) is 5.75 Å². The molecule has 1 fully saturated rings. The minimum Gasteiger partial charge on any atom is -0.493 e. The zero-order valence-electron chi connectivity index (χ0n) is 23.6. The number of anilines is 1. The Labute approximate surface area is 228 Å². The van der Waals surface area contributed by atoms with Gasteiger partial charge in [-0.25, -0.2) is 4.39 Å². The minimum absolute atomic E-state index is 0.299. The third-order valence-electron chi connectivity index (χ3n) is 6.35. The molecule has 0 aliphatic carbocycles. The summed E-state index contributed by atoms with van der Waals surface area (Å²) in [5.74, 6) is 0.641. The number of hydrogen-bond acceptors (Lipinski definition) is 5. The average molecular weight is 519 g/mol. The molecule has 4 rings (SSSR count). The van der Waals surface area contributed by atoms with E-state index < -0.39 is 0 Å². The number of ether oxygens (including phenoxy) is 1. The highest BCUT2D eigenvalue weighted by Crippen LogP contribution is 2.24. The van der Waals surface area contributed by atoms with Crippen molar-refractivity contribution in [2.75, 3.05) is 44.7 Å². The molecule has 1 aliphatic heterocycles. The van der Waals surface area contributed by atoms with Gasteiger partial charge in [-0.3, -0.25) is 4.98 Å². The Bertz CT molecular complexity index is 1140. The molecule has 0 amide bonds. The lowest BCUT2D eigenvalue weighted by molar-refractivity contribution is 0.269. The predicted molar refractivity (Wildman–Crippen MR) is 157 cm³/mol. The second kappa shape index (κ2) is 14.5. The van der Waals surface area contributed by atoms with Crippen LogP contribution < -0.4 is 15.0 Å². The van der Waals surface area contributed by atoms with Crippen LogP contribution in [0.2, 0.25) is 0 Å². The van der Waals surface area contributed by atoms with Crippen LogP contribution in [-0.4, -0.2) is 49.7 Å². The maximum absolute atomic E-state index is 14.0. The fraction of sp³-hybridized carbons (Fsp3) is 0.406. The Balaban J connectivity index is 0.00000195. The Kier molecular flexibility index (Phi) is 11.2. The topological polar surface area (TPSA) is 40.6 Å². The molecule has 0 saturated carbocycles. The van der Waals surface area contributed by atoms with Crippen LogP contribution in [0.1, 0.15) is 39.0 Å². The SMILES string of the molecule is C=C(Cc1ccc(-c2ccc(N3CCN(C)CC3)cc2)cn1)NCc1cc(F)cc(OCC(C)C)c1.CC. The summed E-state index contributed by atoms with van der Waals surface area (Å²) in [5, 5.41) is 3.29. The van der Waals surface area contributed by atoms with Crippen molar-refractivity contribution >= 4 is 5.69 Å². The van der Waals surface area contributed by atoms with E-state index >= 15 is 0 Å². The van der Waals surface area contributed by atoms with Gasteiger partial charge in [-0.2, -0.15) is 0 Å². The molecule has 6 heteroatoms. The van der Waals surface area contributed by atoms with Gasteiger partial charge in [-0.1, -0.05) is 52.5 Å². The molecular weight excluding hydrogens is 475 g/mol. The summed E-state index contributed by atoms with van der Waals surface area (Å²) in [7, 11) is 2.17. The van der Waals surface area contributed by atoms with Crippen LogP contribution in [0.15, 0.2) is 73.1 Å². The quantitative estimate of drug-likeness (QED) is 0.330. The Morgan fingerprint density at radius 1 is 1.00 bits per heavy atom. The maximum Gasteiger partial charge on any atom is 0.127 e. The lowest BCUT2D eigenvalue weighted by Gasteiger charge is -2.34. The second-order valence-electron chi connectivity index (χ2n) is 10.0. The Morgan fingerprint density at radius 3 is 2.32 bits per heavy atom. The lowest BCUT2D eigenvalue weighted by Crippen LogP contribution is -2.44. The van der Waals surface area contributed by atoms with Gasteiger partial charge in [0.1, 0.15) is 11.6 Å². The van der Waals surface area contributed by atoms with Gasteiger partial charge in [0.05, 0.1) is 6.61 Å². The van der Waals surface area contributed by atoms with Gasteiger partial charge in [0, 0.05) is 74.0 Å². The summed E-state index contributed by atoms with van der Waals surface area (Å²) < 4.78 is 19.7. The standard InChI is InChI=1S/C30H37FN4O.C2H6/c1-22(2)21-36-30-17-24(16-27(31)18-30)19-32-23(3)15-28-8-5-26(20-33-28)25-6-9-29(10-7-25)35-13-11-34(4)12-14-35;1-2/h5-10,16-18,20,22,32H,3,11-15,19,21H2,1-2,4H3;1-2H3. The average Bonchev–Trinajstić information content (AvgIpc) is 2.93. The summed E-state index contributed by atoms with van der Waals surface area (Å²) in [6, 6.07) is 17.7. The molecule has 38 heavy (non-hydrogen) atoms. The molecule has 0 radical (unpaired) electrons. The van der Waals surface area contributed by atoms with Crippen LogP contribution in [0.3, 0.4) is 0 Å². The highest BCUT2D eigenvalue weighted by atomic mass is 19.1. The number of nitrogens with one attached hydrogen (secondary N) is 1. The number of allylic oxidation sites excluding steroid dienone is 1. The van der Waals surface area contributed by atoms with Crippen molar-refractivity contribution in [1.82, 2.24) is 15.2 Å². The Morgan fingerprint density at radius 2 is 1.68 bits per heavy atom. The number of nitrogens with zero attached hydrogens (tertiary/aromatic N) is 3. The molecule has 0 atom stereocenters.